The van der Waals surface area contributed by atoms with Gasteiger partial charge in [0.05, 0.1) is 13.2 Å². The molecule has 0 aromatic heterocycles. The highest BCUT2D eigenvalue weighted by molar-refractivity contribution is 6.35. The second-order valence-corrected chi connectivity index (χ2v) is 7.98. The minimum atomic E-state index is 0.708. The molecule has 0 spiro atoms. The van der Waals surface area contributed by atoms with Crippen LogP contribution in [0.5, 0.6) is 5.75 Å². The summed E-state index contributed by atoms with van der Waals surface area (Å²) >= 11 is 6.30. The van der Waals surface area contributed by atoms with E-state index in [1.165, 1.54) is 6.54 Å². The van der Waals surface area contributed by atoms with E-state index in [4.69, 9.17) is 21.1 Å². The minimum absolute atomic E-state index is 0.708. The first kappa shape index (κ1) is 19.9. The average Bonchev–Trinajstić information content (AvgIpc) is 2.76. The Kier molecular flexibility index (Phi) is 7.04. The van der Waals surface area contributed by atoms with Gasteiger partial charge in [0.25, 0.3) is 0 Å². The maximum atomic E-state index is 6.30. The SMILES string of the molecule is Clc1ccc(OCCN2CCN(CCN3CCOCC3)CC2)c2ccccc12. The molecule has 0 amide bonds. The van der Waals surface area contributed by atoms with E-state index in [0.717, 1.165) is 87.1 Å². The van der Waals surface area contributed by atoms with Gasteiger partial charge >= 0.3 is 0 Å². The Morgan fingerprint density at radius 3 is 2.07 bits per heavy atom. The average molecular weight is 404 g/mol. The van der Waals surface area contributed by atoms with E-state index in [2.05, 4.69) is 20.8 Å². The number of nitrogens with zero attached hydrogens (tertiary/aromatic N) is 3. The first-order chi connectivity index (χ1) is 13.8. The summed E-state index contributed by atoms with van der Waals surface area (Å²) in [5, 5.41) is 2.91. The molecule has 2 heterocycles. The monoisotopic (exact) mass is 403 g/mol. The number of benzene rings is 2. The molecule has 0 radical (unpaired) electrons. The summed E-state index contributed by atoms with van der Waals surface area (Å²) in [6.07, 6.45) is 0. The van der Waals surface area contributed by atoms with Gasteiger partial charge in [-0.2, -0.15) is 0 Å². The molecular formula is C22H30ClN3O2. The third-order valence-corrected chi connectivity index (χ3v) is 6.13. The fourth-order valence-corrected chi connectivity index (χ4v) is 4.22. The number of hydrogen-bond acceptors (Lipinski definition) is 5. The normalized spacial score (nSPS) is 19.9. The van der Waals surface area contributed by atoms with Gasteiger partial charge in [0.1, 0.15) is 12.4 Å². The molecule has 4 rings (SSSR count). The summed E-state index contributed by atoms with van der Waals surface area (Å²) < 4.78 is 11.5. The van der Waals surface area contributed by atoms with Crippen LogP contribution in [-0.2, 0) is 4.74 Å². The molecule has 2 saturated heterocycles. The molecule has 0 N–H and O–H groups in total. The number of piperazine rings is 1. The quantitative estimate of drug-likeness (QED) is 0.708. The number of halogens is 1. The lowest BCUT2D eigenvalue weighted by Crippen LogP contribution is -2.50. The van der Waals surface area contributed by atoms with Crippen molar-refractivity contribution in [2.45, 2.75) is 0 Å². The van der Waals surface area contributed by atoms with E-state index >= 15 is 0 Å². The third-order valence-electron chi connectivity index (χ3n) is 5.80. The molecule has 0 saturated carbocycles. The molecule has 28 heavy (non-hydrogen) atoms. The zero-order chi connectivity index (χ0) is 19.2. The predicted octanol–water partition coefficient (Wildman–Crippen LogP) is 2.82. The van der Waals surface area contributed by atoms with Gasteiger partial charge in [-0.15, -0.1) is 0 Å². The van der Waals surface area contributed by atoms with Gasteiger partial charge in [-0.1, -0.05) is 35.9 Å². The van der Waals surface area contributed by atoms with Crippen molar-refractivity contribution < 1.29 is 9.47 Å². The van der Waals surface area contributed by atoms with Crippen LogP contribution in [0.3, 0.4) is 0 Å². The molecule has 0 aliphatic carbocycles. The summed E-state index contributed by atoms with van der Waals surface area (Å²) in [7, 11) is 0. The maximum absolute atomic E-state index is 6.30. The summed E-state index contributed by atoms with van der Waals surface area (Å²) in [6, 6.07) is 12.1. The lowest BCUT2D eigenvalue weighted by atomic mass is 10.1. The van der Waals surface area contributed by atoms with Crippen molar-refractivity contribution in [3.05, 3.63) is 41.4 Å². The summed E-state index contributed by atoms with van der Waals surface area (Å²) in [6.45, 7) is 12.5. The van der Waals surface area contributed by atoms with Crippen molar-refractivity contribution >= 4 is 22.4 Å². The fraction of sp³-hybridized carbons (Fsp3) is 0.545. The van der Waals surface area contributed by atoms with Gasteiger partial charge in [-0.25, -0.2) is 0 Å². The number of rotatable bonds is 7. The Labute approximate surface area is 172 Å². The molecule has 152 valence electrons. The molecule has 0 unspecified atom stereocenters. The van der Waals surface area contributed by atoms with E-state index in [-0.39, 0.29) is 0 Å². The zero-order valence-electron chi connectivity index (χ0n) is 16.5. The second-order valence-electron chi connectivity index (χ2n) is 7.58. The van der Waals surface area contributed by atoms with Crippen LogP contribution in [0.4, 0.5) is 0 Å². The standard InChI is InChI=1S/C22H30ClN3O2/c23-21-5-6-22(20-4-2-1-3-19(20)21)28-18-15-25-10-7-24(8-11-25)9-12-26-13-16-27-17-14-26/h1-6H,7-18H2. The van der Waals surface area contributed by atoms with E-state index in [1.807, 2.05) is 30.3 Å². The van der Waals surface area contributed by atoms with Crippen molar-refractivity contribution in [3.63, 3.8) is 0 Å². The molecule has 2 aromatic carbocycles. The Morgan fingerprint density at radius 1 is 0.750 bits per heavy atom. The van der Waals surface area contributed by atoms with Crippen LogP contribution in [0.25, 0.3) is 10.8 Å². The maximum Gasteiger partial charge on any atom is 0.127 e. The lowest BCUT2D eigenvalue weighted by Gasteiger charge is -2.36. The van der Waals surface area contributed by atoms with Gasteiger partial charge in [-0.05, 0) is 12.1 Å². The van der Waals surface area contributed by atoms with Crippen LogP contribution in [0, 0.1) is 0 Å². The van der Waals surface area contributed by atoms with Crippen LogP contribution in [0.2, 0.25) is 5.02 Å². The summed E-state index contributed by atoms with van der Waals surface area (Å²) in [5.74, 6) is 0.921. The van der Waals surface area contributed by atoms with E-state index in [0.29, 0.717) is 6.61 Å². The molecule has 2 aliphatic heterocycles. The van der Waals surface area contributed by atoms with Gasteiger partial charge in [-0.3, -0.25) is 14.7 Å². The topological polar surface area (TPSA) is 28.2 Å². The Hall–Kier alpha value is -1.37. The van der Waals surface area contributed by atoms with Gasteiger partial charge < -0.3 is 9.47 Å². The number of fused-ring (bicyclic) bond motifs is 1. The van der Waals surface area contributed by atoms with E-state index in [9.17, 15) is 0 Å². The molecule has 6 heteroatoms. The number of ether oxygens (including phenoxy) is 2. The largest absolute Gasteiger partial charge is 0.492 e. The Morgan fingerprint density at radius 2 is 1.36 bits per heavy atom. The van der Waals surface area contributed by atoms with Crippen LogP contribution < -0.4 is 4.74 Å². The van der Waals surface area contributed by atoms with Gasteiger partial charge in [0.2, 0.25) is 0 Å². The smallest absolute Gasteiger partial charge is 0.127 e. The van der Waals surface area contributed by atoms with Crippen molar-refractivity contribution in [2.75, 3.05) is 78.7 Å². The molecular weight excluding hydrogens is 374 g/mol. The first-order valence-electron chi connectivity index (χ1n) is 10.3. The van der Waals surface area contributed by atoms with Crippen molar-refractivity contribution in [2.24, 2.45) is 0 Å². The van der Waals surface area contributed by atoms with Crippen molar-refractivity contribution in [3.8, 4) is 5.75 Å². The highest BCUT2D eigenvalue weighted by Crippen LogP contribution is 2.31. The summed E-state index contributed by atoms with van der Waals surface area (Å²) in [5.41, 5.74) is 0. The Bertz CT molecular complexity index is 759. The van der Waals surface area contributed by atoms with Gasteiger partial charge in [0, 0.05) is 74.7 Å². The van der Waals surface area contributed by atoms with Gasteiger partial charge in [0.15, 0.2) is 0 Å². The van der Waals surface area contributed by atoms with Crippen LogP contribution in [0.1, 0.15) is 0 Å². The van der Waals surface area contributed by atoms with E-state index < -0.39 is 0 Å². The molecule has 0 bridgehead atoms. The number of hydrogen-bond donors (Lipinski definition) is 0. The molecule has 5 nitrogen and oxygen atoms in total. The van der Waals surface area contributed by atoms with Crippen molar-refractivity contribution in [1.82, 2.24) is 14.7 Å². The second kappa shape index (κ2) is 9.90. The first-order valence-corrected chi connectivity index (χ1v) is 10.7. The highest BCUT2D eigenvalue weighted by atomic mass is 35.5. The Balaban J connectivity index is 1.18. The molecule has 2 aliphatic rings. The van der Waals surface area contributed by atoms with Crippen LogP contribution in [0.15, 0.2) is 36.4 Å². The fourth-order valence-electron chi connectivity index (χ4n) is 3.99. The van der Waals surface area contributed by atoms with Crippen LogP contribution in [-0.4, -0.2) is 93.4 Å². The zero-order valence-corrected chi connectivity index (χ0v) is 17.2. The third kappa shape index (κ3) is 5.16. The molecule has 2 fully saturated rings. The molecule has 0 atom stereocenters. The van der Waals surface area contributed by atoms with Crippen LogP contribution >= 0.6 is 11.6 Å². The highest BCUT2D eigenvalue weighted by Gasteiger charge is 2.18. The summed E-state index contributed by atoms with van der Waals surface area (Å²) in [4.78, 5) is 7.60. The van der Waals surface area contributed by atoms with Crippen molar-refractivity contribution in [1.29, 1.82) is 0 Å². The van der Waals surface area contributed by atoms with E-state index in [1.54, 1.807) is 0 Å². The number of morpholine rings is 1. The molecule has 2 aromatic rings. The minimum Gasteiger partial charge on any atom is -0.492 e. The lowest BCUT2D eigenvalue weighted by molar-refractivity contribution is 0.0295. The predicted molar refractivity (Wildman–Crippen MR) is 115 cm³/mol.